The molecule has 0 bridgehead atoms. The molecule has 11 nitrogen and oxygen atoms in total. The van der Waals surface area contributed by atoms with E-state index in [2.05, 4.69) is 30.4 Å². The topological polar surface area (TPSA) is 140 Å². The minimum Gasteiger partial charge on any atom is -0.453 e. The van der Waals surface area contributed by atoms with Gasteiger partial charge in [-0.1, -0.05) is 0 Å². The summed E-state index contributed by atoms with van der Waals surface area (Å²) in [5, 5.41) is 10.1. The Bertz CT molecular complexity index is 1360. The monoisotopic (exact) mass is 523 g/mol. The van der Waals surface area contributed by atoms with Gasteiger partial charge < -0.3 is 15.4 Å². The molecule has 0 radical (unpaired) electrons. The average Bonchev–Trinajstić information content (AvgIpc) is 3.25. The maximum absolute atomic E-state index is 15.4. The van der Waals surface area contributed by atoms with Gasteiger partial charge in [0.25, 0.3) is 0 Å². The van der Waals surface area contributed by atoms with Crippen LogP contribution in [0.25, 0.3) is 22.5 Å². The number of rotatable bonds is 9. The molecular formula is C22H27F2N7O4S. The predicted molar refractivity (Wildman–Crippen MR) is 131 cm³/mol. The number of alkyl carbamates (subject to hydrolysis) is 1. The lowest BCUT2D eigenvalue weighted by atomic mass is 10.0. The van der Waals surface area contributed by atoms with Crippen molar-refractivity contribution in [2.45, 2.75) is 32.9 Å². The molecule has 0 aliphatic heterocycles. The van der Waals surface area contributed by atoms with Crippen LogP contribution in [0.5, 0.6) is 0 Å². The summed E-state index contributed by atoms with van der Waals surface area (Å²) in [6.45, 7) is 5.81. The molecule has 1 amide bonds. The number of benzene rings is 1. The first-order valence-corrected chi connectivity index (χ1v) is 12.8. The van der Waals surface area contributed by atoms with Gasteiger partial charge in [-0.2, -0.15) is 5.10 Å². The Morgan fingerprint density at radius 3 is 2.53 bits per heavy atom. The number of aromatic nitrogens is 4. The maximum Gasteiger partial charge on any atom is 0.407 e. The van der Waals surface area contributed by atoms with E-state index in [4.69, 9.17) is 0 Å². The summed E-state index contributed by atoms with van der Waals surface area (Å²) in [6, 6.07) is 3.36. The summed E-state index contributed by atoms with van der Waals surface area (Å²) in [7, 11) is -2.67. The first-order valence-electron chi connectivity index (χ1n) is 10.9. The molecule has 3 N–H and O–H groups in total. The third kappa shape index (κ3) is 6.44. The van der Waals surface area contributed by atoms with Gasteiger partial charge in [0.1, 0.15) is 17.2 Å². The largest absolute Gasteiger partial charge is 0.453 e. The van der Waals surface area contributed by atoms with Crippen molar-refractivity contribution in [1.82, 2.24) is 25.1 Å². The molecule has 3 rings (SSSR count). The smallest absolute Gasteiger partial charge is 0.407 e. The predicted octanol–water partition coefficient (Wildman–Crippen LogP) is 3.39. The van der Waals surface area contributed by atoms with Gasteiger partial charge in [0.05, 0.1) is 19.1 Å². The maximum atomic E-state index is 15.4. The molecule has 0 aliphatic carbocycles. The molecule has 1 atom stereocenters. The van der Waals surface area contributed by atoms with E-state index in [1.165, 1.54) is 19.4 Å². The van der Waals surface area contributed by atoms with Gasteiger partial charge in [-0.25, -0.2) is 32.0 Å². The standard InChI is InChI=1S/C22H27F2N7O4S/c1-12(2)31-11-15(17-8-9-25-21(28-17)26-10-13(3)27-22(32)35-4)19(29-31)14-6-7-16(23)20(18(14)24)30-36(5,33)34/h6-9,11-13,30H,10H2,1-5H3,(H,27,32)(H,25,26,28)/t13-/m0/s1. The molecule has 0 aliphatic rings. The number of nitrogens with one attached hydrogen (secondary N) is 3. The average molecular weight is 524 g/mol. The molecular weight excluding hydrogens is 496 g/mol. The van der Waals surface area contributed by atoms with Crippen molar-refractivity contribution in [3.8, 4) is 22.5 Å². The number of methoxy groups -OCH3 is 1. The number of hydrogen-bond donors (Lipinski definition) is 3. The zero-order valence-corrected chi connectivity index (χ0v) is 21.2. The normalized spacial score (nSPS) is 12.3. The van der Waals surface area contributed by atoms with E-state index in [9.17, 15) is 17.6 Å². The number of carbonyl (C=O) groups excluding carboxylic acids is 1. The van der Waals surface area contributed by atoms with Crippen LogP contribution in [0.1, 0.15) is 26.8 Å². The molecule has 0 fully saturated rings. The Kier molecular flexibility index (Phi) is 8.07. The van der Waals surface area contributed by atoms with Gasteiger partial charge in [0, 0.05) is 42.1 Å². The Morgan fingerprint density at radius 1 is 1.17 bits per heavy atom. The fourth-order valence-electron chi connectivity index (χ4n) is 3.21. The van der Waals surface area contributed by atoms with E-state index in [1.807, 2.05) is 18.6 Å². The number of nitrogens with zero attached hydrogens (tertiary/aromatic N) is 4. The molecule has 194 valence electrons. The first kappa shape index (κ1) is 26.8. The lowest BCUT2D eigenvalue weighted by Gasteiger charge is -2.14. The minimum atomic E-state index is -3.94. The summed E-state index contributed by atoms with van der Waals surface area (Å²) < 4.78 is 61.0. The zero-order valence-electron chi connectivity index (χ0n) is 20.3. The van der Waals surface area contributed by atoms with Crippen molar-refractivity contribution in [3.63, 3.8) is 0 Å². The fraction of sp³-hybridized carbons (Fsp3) is 0.364. The summed E-state index contributed by atoms with van der Waals surface area (Å²) in [4.78, 5) is 20.0. The zero-order chi connectivity index (χ0) is 26.6. The third-order valence-corrected chi connectivity index (χ3v) is 5.52. The van der Waals surface area contributed by atoms with Crippen LogP contribution < -0.4 is 15.4 Å². The van der Waals surface area contributed by atoms with Gasteiger partial charge in [-0.05, 0) is 39.0 Å². The van der Waals surface area contributed by atoms with Crippen LogP contribution in [-0.4, -0.2) is 60.2 Å². The van der Waals surface area contributed by atoms with Crippen LogP contribution in [-0.2, 0) is 14.8 Å². The van der Waals surface area contributed by atoms with Crippen LogP contribution >= 0.6 is 0 Å². The number of carbonyl (C=O) groups is 1. The number of ether oxygens (including phenoxy) is 1. The summed E-state index contributed by atoms with van der Waals surface area (Å²) >= 11 is 0. The number of sulfonamides is 1. The first-order chi connectivity index (χ1) is 16.9. The van der Waals surface area contributed by atoms with Gasteiger partial charge >= 0.3 is 6.09 Å². The second-order valence-electron chi connectivity index (χ2n) is 8.31. The van der Waals surface area contributed by atoms with Crippen molar-refractivity contribution in [3.05, 3.63) is 42.2 Å². The molecule has 0 saturated heterocycles. The number of amides is 1. The molecule has 3 aromatic rings. The van der Waals surface area contributed by atoms with Crippen molar-refractivity contribution >= 4 is 27.8 Å². The van der Waals surface area contributed by atoms with Crippen LogP contribution in [0, 0.1) is 11.6 Å². The molecule has 2 heterocycles. The number of anilines is 2. The Labute approximate surface area is 207 Å². The second kappa shape index (κ2) is 10.8. The minimum absolute atomic E-state index is 0.0979. The number of hydrogen-bond acceptors (Lipinski definition) is 8. The highest BCUT2D eigenvalue weighted by molar-refractivity contribution is 7.92. The van der Waals surface area contributed by atoms with Gasteiger partial charge in [-0.3, -0.25) is 9.40 Å². The van der Waals surface area contributed by atoms with E-state index in [-0.39, 0.29) is 29.3 Å². The Morgan fingerprint density at radius 2 is 1.89 bits per heavy atom. The SMILES string of the molecule is COC(=O)N[C@@H](C)CNc1nccc(-c2cn(C(C)C)nc2-c2ccc(F)c(NS(C)(=O)=O)c2F)n1. The van der Waals surface area contributed by atoms with E-state index in [1.54, 1.807) is 23.9 Å². The summed E-state index contributed by atoms with van der Waals surface area (Å²) in [6.07, 6.45) is 3.39. The van der Waals surface area contributed by atoms with E-state index < -0.39 is 33.4 Å². The highest BCUT2D eigenvalue weighted by Gasteiger charge is 2.23. The van der Waals surface area contributed by atoms with Crippen molar-refractivity contribution in [2.24, 2.45) is 0 Å². The highest BCUT2D eigenvalue weighted by Crippen LogP contribution is 2.36. The van der Waals surface area contributed by atoms with Gasteiger partial charge in [0.15, 0.2) is 5.82 Å². The molecule has 2 aromatic heterocycles. The quantitative estimate of drug-likeness (QED) is 0.388. The fourth-order valence-corrected chi connectivity index (χ4v) is 3.76. The summed E-state index contributed by atoms with van der Waals surface area (Å²) in [5.74, 6) is -1.92. The molecule has 0 saturated carbocycles. The van der Waals surface area contributed by atoms with E-state index >= 15 is 4.39 Å². The molecule has 36 heavy (non-hydrogen) atoms. The lowest BCUT2D eigenvalue weighted by Crippen LogP contribution is -2.37. The van der Waals surface area contributed by atoms with Crippen LogP contribution in [0.2, 0.25) is 0 Å². The molecule has 0 spiro atoms. The van der Waals surface area contributed by atoms with Gasteiger partial charge in [0.2, 0.25) is 16.0 Å². The second-order valence-corrected chi connectivity index (χ2v) is 10.1. The van der Waals surface area contributed by atoms with Crippen LogP contribution in [0.4, 0.5) is 25.2 Å². The number of halogens is 2. The van der Waals surface area contributed by atoms with Crippen molar-refractivity contribution in [2.75, 3.05) is 29.9 Å². The Hall–Kier alpha value is -3.81. The Balaban J connectivity index is 2.02. The highest BCUT2D eigenvalue weighted by atomic mass is 32.2. The van der Waals surface area contributed by atoms with Crippen molar-refractivity contribution < 1.29 is 26.7 Å². The van der Waals surface area contributed by atoms with Crippen molar-refractivity contribution in [1.29, 1.82) is 0 Å². The van der Waals surface area contributed by atoms with E-state index in [0.29, 0.717) is 17.8 Å². The van der Waals surface area contributed by atoms with Crippen LogP contribution in [0.3, 0.4) is 0 Å². The third-order valence-electron chi connectivity index (χ3n) is 4.94. The van der Waals surface area contributed by atoms with Gasteiger partial charge in [-0.15, -0.1) is 0 Å². The molecule has 0 unspecified atom stereocenters. The lowest BCUT2D eigenvalue weighted by molar-refractivity contribution is 0.168. The summed E-state index contributed by atoms with van der Waals surface area (Å²) in [5.41, 5.74) is 0.0521. The van der Waals surface area contributed by atoms with Crippen LogP contribution in [0.15, 0.2) is 30.6 Å². The molecule has 1 aromatic carbocycles. The molecule has 14 heteroatoms. The van der Waals surface area contributed by atoms with E-state index in [0.717, 1.165) is 12.3 Å².